The molecule has 4 rings (SSSR count). The van der Waals surface area contributed by atoms with Gasteiger partial charge in [0.2, 0.25) is 0 Å². The molecule has 0 bridgehead atoms. The van der Waals surface area contributed by atoms with Crippen LogP contribution in [0.4, 0.5) is 0 Å². The molecule has 0 saturated carbocycles. The van der Waals surface area contributed by atoms with Gasteiger partial charge in [-0.05, 0) is 55.2 Å². The zero-order valence-corrected chi connectivity index (χ0v) is 16.9. The molecular formula is C24H35N3. The predicted molar refractivity (Wildman–Crippen MR) is 114 cm³/mol. The van der Waals surface area contributed by atoms with Crippen LogP contribution in [0.25, 0.3) is 0 Å². The van der Waals surface area contributed by atoms with E-state index in [1.807, 2.05) is 5.01 Å². The number of hydrazine groups is 1. The van der Waals surface area contributed by atoms with Crippen molar-refractivity contribution < 1.29 is 0 Å². The molecule has 27 heavy (non-hydrogen) atoms. The molecule has 0 aromatic heterocycles. The highest BCUT2D eigenvalue weighted by molar-refractivity contribution is 5.20. The standard InChI is InChI=1S/C12H18N2.C12H17N/c1-10-6-5-9-14(13)12(10)11-7-3-2-4-8-11;1-10-7-8-12(13-9-10)11-5-3-2-4-6-11/h2-4,7-8,10,12H,5-6,9,13H2,1H3;2-6,10,12-13H,7-9H2,1H3/t;10-,12-/m.0/s1. The first-order valence-corrected chi connectivity index (χ1v) is 10.5. The SMILES string of the molecule is CC1CCCN(N)C1c1ccccc1.C[C@H]1CC[C@@H](c2ccccc2)NC1. The molecule has 0 aliphatic carbocycles. The Kier molecular flexibility index (Phi) is 7.45. The van der Waals surface area contributed by atoms with Crippen molar-refractivity contribution >= 4 is 0 Å². The van der Waals surface area contributed by atoms with Crippen molar-refractivity contribution in [2.24, 2.45) is 17.7 Å². The number of rotatable bonds is 2. The van der Waals surface area contributed by atoms with Crippen molar-refractivity contribution in [3.63, 3.8) is 0 Å². The Morgan fingerprint density at radius 2 is 1.48 bits per heavy atom. The van der Waals surface area contributed by atoms with Crippen LogP contribution in [0.15, 0.2) is 60.7 Å². The first-order valence-electron chi connectivity index (χ1n) is 10.5. The zero-order chi connectivity index (χ0) is 19.1. The zero-order valence-electron chi connectivity index (χ0n) is 16.9. The van der Waals surface area contributed by atoms with Gasteiger partial charge in [0.25, 0.3) is 0 Å². The molecule has 2 heterocycles. The van der Waals surface area contributed by atoms with Gasteiger partial charge >= 0.3 is 0 Å². The predicted octanol–water partition coefficient (Wildman–Crippen LogP) is 5.08. The molecule has 2 aliphatic heterocycles. The second kappa shape index (κ2) is 10.0. The molecule has 0 spiro atoms. The Morgan fingerprint density at radius 3 is 2.04 bits per heavy atom. The average molecular weight is 366 g/mol. The third-order valence-electron chi connectivity index (χ3n) is 5.98. The van der Waals surface area contributed by atoms with Crippen LogP contribution in [-0.4, -0.2) is 18.1 Å². The maximum Gasteiger partial charge on any atom is 0.0516 e. The van der Waals surface area contributed by atoms with E-state index in [9.17, 15) is 0 Å². The van der Waals surface area contributed by atoms with Crippen LogP contribution in [-0.2, 0) is 0 Å². The highest BCUT2D eigenvalue weighted by atomic mass is 15.4. The number of nitrogens with two attached hydrogens (primary N) is 1. The van der Waals surface area contributed by atoms with Gasteiger partial charge in [-0.2, -0.15) is 0 Å². The van der Waals surface area contributed by atoms with Crippen molar-refractivity contribution in [3.05, 3.63) is 71.8 Å². The lowest BCUT2D eigenvalue weighted by molar-refractivity contribution is 0.102. The Bertz CT molecular complexity index is 640. The largest absolute Gasteiger partial charge is 0.310 e. The van der Waals surface area contributed by atoms with Gasteiger partial charge < -0.3 is 5.32 Å². The van der Waals surface area contributed by atoms with Crippen LogP contribution >= 0.6 is 0 Å². The quantitative estimate of drug-likeness (QED) is 0.729. The number of piperidine rings is 2. The molecule has 2 unspecified atom stereocenters. The lowest BCUT2D eigenvalue weighted by Gasteiger charge is -2.37. The van der Waals surface area contributed by atoms with E-state index >= 15 is 0 Å². The lowest BCUT2D eigenvalue weighted by atomic mass is 9.87. The van der Waals surface area contributed by atoms with Gasteiger partial charge in [0, 0.05) is 12.6 Å². The summed E-state index contributed by atoms with van der Waals surface area (Å²) in [4.78, 5) is 0. The normalized spacial score (nSPS) is 28.9. The smallest absolute Gasteiger partial charge is 0.0516 e. The van der Waals surface area contributed by atoms with Crippen LogP contribution in [0.1, 0.15) is 62.7 Å². The minimum absolute atomic E-state index is 0.407. The second-order valence-electron chi connectivity index (χ2n) is 8.27. The van der Waals surface area contributed by atoms with Gasteiger partial charge in [0.05, 0.1) is 6.04 Å². The summed E-state index contributed by atoms with van der Waals surface area (Å²) in [6, 6.07) is 22.3. The number of hydrogen-bond acceptors (Lipinski definition) is 3. The summed E-state index contributed by atoms with van der Waals surface area (Å²) in [5, 5.41) is 5.57. The van der Waals surface area contributed by atoms with Crippen LogP contribution in [0.5, 0.6) is 0 Å². The van der Waals surface area contributed by atoms with Crippen LogP contribution in [0.2, 0.25) is 0 Å². The Morgan fingerprint density at radius 1 is 0.852 bits per heavy atom. The van der Waals surface area contributed by atoms with E-state index in [1.54, 1.807) is 0 Å². The van der Waals surface area contributed by atoms with Crippen molar-refractivity contribution in [3.8, 4) is 0 Å². The van der Waals surface area contributed by atoms with E-state index in [4.69, 9.17) is 5.84 Å². The maximum atomic E-state index is 6.03. The van der Waals surface area contributed by atoms with Gasteiger partial charge in [0.1, 0.15) is 0 Å². The Labute approximate surface area is 164 Å². The molecule has 146 valence electrons. The fourth-order valence-corrected chi connectivity index (χ4v) is 4.36. The van der Waals surface area contributed by atoms with Crippen molar-refractivity contribution in [1.29, 1.82) is 0 Å². The van der Waals surface area contributed by atoms with E-state index in [1.165, 1.54) is 43.4 Å². The maximum absolute atomic E-state index is 6.03. The Balaban J connectivity index is 0.000000156. The third-order valence-corrected chi connectivity index (χ3v) is 5.98. The number of nitrogens with zero attached hydrogens (tertiary/aromatic N) is 1. The van der Waals surface area contributed by atoms with Gasteiger partial charge in [-0.25, -0.2) is 5.01 Å². The summed E-state index contributed by atoms with van der Waals surface area (Å²) in [6.07, 6.45) is 5.14. The summed E-state index contributed by atoms with van der Waals surface area (Å²) in [5.74, 6) is 7.55. The highest BCUT2D eigenvalue weighted by Gasteiger charge is 2.27. The molecule has 0 radical (unpaired) electrons. The monoisotopic (exact) mass is 365 g/mol. The minimum atomic E-state index is 0.407. The van der Waals surface area contributed by atoms with E-state index < -0.39 is 0 Å². The fourth-order valence-electron chi connectivity index (χ4n) is 4.36. The van der Waals surface area contributed by atoms with Gasteiger partial charge in [-0.15, -0.1) is 0 Å². The molecule has 2 aliphatic rings. The van der Waals surface area contributed by atoms with Crippen LogP contribution in [0, 0.1) is 11.8 Å². The topological polar surface area (TPSA) is 41.3 Å². The number of hydrogen-bond donors (Lipinski definition) is 2. The first kappa shape index (κ1) is 20.1. The summed E-state index contributed by atoms with van der Waals surface area (Å²) in [7, 11) is 0. The molecule has 2 aromatic rings. The summed E-state index contributed by atoms with van der Waals surface area (Å²) in [5.41, 5.74) is 2.79. The number of nitrogens with one attached hydrogen (secondary N) is 1. The number of benzene rings is 2. The second-order valence-corrected chi connectivity index (χ2v) is 8.27. The average Bonchev–Trinajstić information content (AvgIpc) is 2.70. The minimum Gasteiger partial charge on any atom is -0.310 e. The molecule has 3 nitrogen and oxygen atoms in total. The summed E-state index contributed by atoms with van der Waals surface area (Å²) >= 11 is 0. The molecule has 4 atom stereocenters. The lowest BCUT2D eigenvalue weighted by Crippen LogP contribution is -2.42. The molecular weight excluding hydrogens is 330 g/mol. The van der Waals surface area contributed by atoms with Crippen molar-refractivity contribution in [2.75, 3.05) is 13.1 Å². The molecule has 3 heteroatoms. The summed E-state index contributed by atoms with van der Waals surface area (Å²) in [6.45, 7) is 6.79. The van der Waals surface area contributed by atoms with E-state index in [2.05, 4.69) is 79.8 Å². The molecule has 0 amide bonds. The van der Waals surface area contributed by atoms with E-state index in [-0.39, 0.29) is 0 Å². The summed E-state index contributed by atoms with van der Waals surface area (Å²) < 4.78 is 0. The Hall–Kier alpha value is -1.68. The first-order chi connectivity index (χ1) is 13.1. The third kappa shape index (κ3) is 5.65. The van der Waals surface area contributed by atoms with Crippen LogP contribution in [0.3, 0.4) is 0 Å². The molecule has 3 N–H and O–H groups in total. The highest BCUT2D eigenvalue weighted by Crippen LogP contribution is 2.33. The van der Waals surface area contributed by atoms with Gasteiger partial charge in [-0.3, -0.25) is 5.84 Å². The molecule has 2 saturated heterocycles. The van der Waals surface area contributed by atoms with Crippen molar-refractivity contribution in [1.82, 2.24) is 10.3 Å². The fraction of sp³-hybridized carbons (Fsp3) is 0.500. The molecule has 2 aromatic carbocycles. The van der Waals surface area contributed by atoms with Gasteiger partial charge in [0.15, 0.2) is 0 Å². The van der Waals surface area contributed by atoms with E-state index in [0.29, 0.717) is 18.0 Å². The van der Waals surface area contributed by atoms with E-state index in [0.717, 1.165) is 12.5 Å². The van der Waals surface area contributed by atoms with Gasteiger partial charge in [-0.1, -0.05) is 74.5 Å². The van der Waals surface area contributed by atoms with Crippen LogP contribution < -0.4 is 11.2 Å². The molecule has 2 fully saturated rings. The van der Waals surface area contributed by atoms with Crippen molar-refractivity contribution in [2.45, 2.75) is 51.6 Å².